The third-order valence-corrected chi connectivity index (χ3v) is 6.52. The molecule has 37 heavy (non-hydrogen) atoms. The van der Waals surface area contributed by atoms with Gasteiger partial charge in [0.1, 0.15) is 23.0 Å². The molecule has 2 atom stereocenters. The molecule has 0 radical (unpaired) electrons. The smallest absolute Gasteiger partial charge is 0.422 e. The van der Waals surface area contributed by atoms with E-state index in [1.165, 1.54) is 19.1 Å². The van der Waals surface area contributed by atoms with E-state index in [1.807, 2.05) is 0 Å². The van der Waals surface area contributed by atoms with Crippen LogP contribution < -0.4 is 15.4 Å². The Kier molecular flexibility index (Phi) is 7.04. The van der Waals surface area contributed by atoms with Gasteiger partial charge in [-0.15, -0.1) is 0 Å². The lowest BCUT2D eigenvalue weighted by Gasteiger charge is -2.21. The van der Waals surface area contributed by atoms with Crippen LogP contribution in [0.4, 0.5) is 26.3 Å². The van der Waals surface area contributed by atoms with Crippen molar-refractivity contribution < 1.29 is 40.7 Å². The van der Waals surface area contributed by atoms with Crippen LogP contribution in [0.25, 0.3) is 11.1 Å². The molecule has 14 heteroatoms. The Morgan fingerprint density at radius 2 is 1.86 bits per heavy atom. The lowest BCUT2D eigenvalue weighted by molar-refractivity contribution is -0.153. The van der Waals surface area contributed by atoms with Gasteiger partial charge in [-0.25, -0.2) is 13.2 Å². The van der Waals surface area contributed by atoms with Crippen LogP contribution in [0.3, 0.4) is 0 Å². The highest BCUT2D eigenvalue weighted by atomic mass is 35.5. The summed E-state index contributed by atoms with van der Waals surface area (Å²) in [5.74, 6) is -7.41. The van der Waals surface area contributed by atoms with Gasteiger partial charge in [0, 0.05) is 28.8 Å². The standard InChI is InChI=1S/C23H19Cl2F6N3O3/c1-10(33-20(36)21(2-3-21)34-19(35)14-7-22(14,27)28)17-16(26)4-11(8-32-17)13-5-12(24)6-15(25)18(13)37-9-23(29,30)31/h4-6,8,10,14H,2-3,7,9H2,1H3,(H,33,36)(H,34,35)/t10-,14?/m1/s1. The van der Waals surface area contributed by atoms with E-state index in [0.717, 1.165) is 12.3 Å². The van der Waals surface area contributed by atoms with Crippen LogP contribution in [0.2, 0.25) is 10.0 Å². The van der Waals surface area contributed by atoms with Gasteiger partial charge in [-0.2, -0.15) is 13.2 Å². The van der Waals surface area contributed by atoms with Crippen molar-refractivity contribution in [2.45, 2.75) is 49.9 Å². The zero-order valence-electron chi connectivity index (χ0n) is 19.0. The molecule has 2 aliphatic carbocycles. The molecule has 200 valence electrons. The summed E-state index contributed by atoms with van der Waals surface area (Å²) in [6.45, 7) is -0.223. The molecule has 2 fully saturated rings. The first-order valence-electron chi connectivity index (χ1n) is 11.0. The molecule has 0 spiro atoms. The van der Waals surface area contributed by atoms with Crippen LogP contribution in [-0.4, -0.2) is 41.0 Å². The van der Waals surface area contributed by atoms with Crippen molar-refractivity contribution >= 4 is 35.0 Å². The fraction of sp³-hybridized carbons (Fsp3) is 0.435. The molecule has 2 N–H and O–H groups in total. The molecule has 1 aromatic heterocycles. The van der Waals surface area contributed by atoms with Gasteiger partial charge in [0.2, 0.25) is 11.8 Å². The number of hydrogen-bond donors (Lipinski definition) is 2. The van der Waals surface area contributed by atoms with E-state index in [2.05, 4.69) is 15.6 Å². The predicted octanol–water partition coefficient (Wildman–Crippen LogP) is 5.62. The van der Waals surface area contributed by atoms with Crippen LogP contribution in [0.1, 0.15) is 37.9 Å². The highest BCUT2D eigenvalue weighted by molar-refractivity contribution is 6.36. The fourth-order valence-electron chi connectivity index (χ4n) is 3.75. The molecule has 4 rings (SSSR count). The maximum Gasteiger partial charge on any atom is 0.422 e. The number of carbonyl (C=O) groups is 2. The number of ether oxygens (including phenoxy) is 1. The zero-order chi connectivity index (χ0) is 27.3. The topological polar surface area (TPSA) is 80.3 Å². The Hall–Kier alpha value is -2.73. The second kappa shape index (κ2) is 9.54. The summed E-state index contributed by atoms with van der Waals surface area (Å²) in [6.07, 6.45) is -3.61. The summed E-state index contributed by atoms with van der Waals surface area (Å²) in [7, 11) is 0. The van der Waals surface area contributed by atoms with E-state index in [4.69, 9.17) is 27.9 Å². The minimum absolute atomic E-state index is 0.0117. The van der Waals surface area contributed by atoms with Gasteiger partial charge >= 0.3 is 6.18 Å². The minimum atomic E-state index is -4.65. The number of carbonyl (C=O) groups excluding carboxylic acids is 2. The van der Waals surface area contributed by atoms with Gasteiger partial charge in [0.15, 0.2) is 6.61 Å². The number of rotatable bonds is 8. The molecule has 0 bridgehead atoms. The van der Waals surface area contributed by atoms with Gasteiger partial charge in [0.25, 0.3) is 5.92 Å². The van der Waals surface area contributed by atoms with E-state index in [9.17, 15) is 31.5 Å². The van der Waals surface area contributed by atoms with E-state index in [0.29, 0.717) is 0 Å². The maximum absolute atomic E-state index is 15.0. The van der Waals surface area contributed by atoms with Crippen LogP contribution in [0.5, 0.6) is 5.75 Å². The quantitative estimate of drug-likeness (QED) is 0.404. The lowest BCUT2D eigenvalue weighted by Crippen LogP contribution is -2.50. The van der Waals surface area contributed by atoms with Gasteiger partial charge in [-0.3, -0.25) is 14.6 Å². The first kappa shape index (κ1) is 27.3. The molecule has 2 aliphatic rings. The predicted molar refractivity (Wildman–Crippen MR) is 121 cm³/mol. The molecule has 6 nitrogen and oxygen atoms in total. The van der Waals surface area contributed by atoms with Crippen molar-refractivity contribution in [1.29, 1.82) is 0 Å². The van der Waals surface area contributed by atoms with E-state index in [-0.39, 0.29) is 45.5 Å². The van der Waals surface area contributed by atoms with Crippen LogP contribution in [0, 0.1) is 11.7 Å². The average molecular weight is 570 g/mol. The third kappa shape index (κ3) is 6.06. The summed E-state index contributed by atoms with van der Waals surface area (Å²) in [6, 6.07) is 2.38. The second-order valence-corrected chi connectivity index (χ2v) is 9.89. The Morgan fingerprint density at radius 3 is 2.41 bits per heavy atom. The van der Waals surface area contributed by atoms with Crippen LogP contribution in [-0.2, 0) is 9.59 Å². The first-order valence-corrected chi connectivity index (χ1v) is 11.7. The number of nitrogens with zero attached hydrogens (tertiary/aromatic N) is 1. The van der Waals surface area contributed by atoms with Gasteiger partial charge in [-0.05, 0) is 38.0 Å². The minimum Gasteiger partial charge on any atom is -0.482 e. The number of amides is 2. The molecule has 0 saturated heterocycles. The molecular weight excluding hydrogens is 551 g/mol. The van der Waals surface area contributed by atoms with Crippen molar-refractivity contribution in [3.05, 3.63) is 46.0 Å². The summed E-state index contributed by atoms with van der Waals surface area (Å²) in [5.41, 5.74) is -1.58. The van der Waals surface area contributed by atoms with E-state index in [1.54, 1.807) is 0 Å². The number of aromatic nitrogens is 1. The SMILES string of the molecule is C[C@@H](NC(=O)C1(NC(=O)C2CC2(F)F)CC1)c1ncc(-c2cc(Cl)cc(Cl)c2OCC(F)(F)F)cc1F. The van der Waals surface area contributed by atoms with Crippen LogP contribution in [0.15, 0.2) is 24.4 Å². The highest BCUT2D eigenvalue weighted by Crippen LogP contribution is 2.50. The highest BCUT2D eigenvalue weighted by Gasteiger charge is 2.63. The fourth-order valence-corrected chi connectivity index (χ4v) is 4.30. The van der Waals surface area contributed by atoms with E-state index >= 15 is 4.39 Å². The molecule has 2 amide bonds. The number of nitrogens with one attached hydrogen (secondary N) is 2. The third-order valence-electron chi connectivity index (χ3n) is 6.02. The monoisotopic (exact) mass is 569 g/mol. The molecule has 1 aromatic carbocycles. The number of halogens is 8. The Balaban J connectivity index is 1.49. The van der Waals surface area contributed by atoms with Crippen molar-refractivity contribution in [3.8, 4) is 16.9 Å². The number of pyridine rings is 1. The van der Waals surface area contributed by atoms with Crippen LogP contribution >= 0.6 is 23.2 Å². The number of alkyl halides is 5. The average Bonchev–Trinajstić information content (AvgIpc) is 3.68. The molecule has 1 unspecified atom stereocenters. The Morgan fingerprint density at radius 1 is 1.22 bits per heavy atom. The van der Waals surface area contributed by atoms with Crippen molar-refractivity contribution in [2.75, 3.05) is 6.61 Å². The lowest BCUT2D eigenvalue weighted by atomic mass is 10.0. The molecule has 2 saturated carbocycles. The largest absolute Gasteiger partial charge is 0.482 e. The Bertz CT molecular complexity index is 1250. The molecule has 0 aliphatic heterocycles. The molecule has 2 aromatic rings. The first-order chi connectivity index (χ1) is 17.1. The maximum atomic E-state index is 15.0. The summed E-state index contributed by atoms with van der Waals surface area (Å²) in [5, 5.41) is 4.71. The molecular formula is C23H19Cl2F6N3O3. The molecule has 1 heterocycles. The number of hydrogen-bond acceptors (Lipinski definition) is 4. The van der Waals surface area contributed by atoms with Crippen molar-refractivity contribution in [3.63, 3.8) is 0 Å². The second-order valence-electron chi connectivity index (χ2n) is 9.04. The van der Waals surface area contributed by atoms with Gasteiger partial charge in [0.05, 0.1) is 16.8 Å². The normalized spacial score (nSPS) is 20.1. The van der Waals surface area contributed by atoms with Gasteiger partial charge < -0.3 is 15.4 Å². The Labute approximate surface area is 216 Å². The summed E-state index contributed by atoms with van der Waals surface area (Å²) in [4.78, 5) is 28.7. The summed E-state index contributed by atoms with van der Waals surface area (Å²) >= 11 is 12.0. The number of benzene rings is 1. The van der Waals surface area contributed by atoms with E-state index < -0.39 is 60.3 Å². The van der Waals surface area contributed by atoms with Crippen molar-refractivity contribution in [1.82, 2.24) is 15.6 Å². The van der Waals surface area contributed by atoms with Gasteiger partial charge in [-0.1, -0.05) is 23.2 Å². The summed E-state index contributed by atoms with van der Waals surface area (Å²) < 4.78 is 84.2. The van der Waals surface area contributed by atoms with Crippen molar-refractivity contribution in [2.24, 2.45) is 5.92 Å². The zero-order valence-corrected chi connectivity index (χ0v) is 20.5.